The summed E-state index contributed by atoms with van der Waals surface area (Å²) in [5, 5.41) is 3.11. The van der Waals surface area contributed by atoms with Gasteiger partial charge in [0.25, 0.3) is 5.91 Å². The van der Waals surface area contributed by atoms with Crippen molar-refractivity contribution in [3.8, 4) is 5.75 Å². The second-order valence-corrected chi connectivity index (χ2v) is 7.78. The molecule has 1 aromatic carbocycles. The second kappa shape index (κ2) is 8.92. The molecule has 3 saturated heterocycles. The first-order valence-electron chi connectivity index (χ1n) is 10.3. The van der Waals surface area contributed by atoms with Crippen LogP contribution in [0, 0.1) is 0 Å². The van der Waals surface area contributed by atoms with Gasteiger partial charge in [0.15, 0.2) is 0 Å². The summed E-state index contributed by atoms with van der Waals surface area (Å²) in [6.07, 6.45) is 4.14. The molecular formula is C21H29N3O4. The number of nitrogens with zero attached hydrogens (tertiary/aromatic N) is 2. The minimum absolute atomic E-state index is 0.00912. The van der Waals surface area contributed by atoms with Crippen LogP contribution in [0.25, 0.3) is 0 Å². The molecule has 4 rings (SSSR count). The zero-order chi connectivity index (χ0) is 19.3. The molecule has 3 aliphatic rings. The van der Waals surface area contributed by atoms with Gasteiger partial charge >= 0.3 is 0 Å². The Morgan fingerprint density at radius 1 is 1.25 bits per heavy atom. The lowest BCUT2D eigenvalue weighted by Crippen LogP contribution is -2.57. The van der Waals surface area contributed by atoms with Crippen molar-refractivity contribution >= 4 is 11.8 Å². The molecule has 28 heavy (non-hydrogen) atoms. The largest absolute Gasteiger partial charge is 0.491 e. The molecule has 0 spiro atoms. The van der Waals surface area contributed by atoms with E-state index < -0.39 is 0 Å². The van der Waals surface area contributed by atoms with E-state index in [0.717, 1.165) is 51.9 Å². The molecule has 3 heterocycles. The number of likely N-dealkylation sites (tertiary alicyclic amines) is 1. The molecule has 1 aromatic rings. The van der Waals surface area contributed by atoms with Gasteiger partial charge in [0.05, 0.1) is 12.6 Å². The molecule has 2 atom stereocenters. The molecule has 3 aliphatic heterocycles. The standard InChI is InChI=1S/C21H29N3O4/c25-20-13-22-8-10-24(20)17-5-2-9-23(14-17)21(26)16-4-1-6-18(12-16)28-15-19-7-3-11-27-19/h1,4,6,12,17,19,22H,2-3,5,7-11,13-15H2. The molecule has 0 aliphatic carbocycles. The number of hydrogen-bond donors (Lipinski definition) is 1. The average Bonchev–Trinajstić information content (AvgIpc) is 3.26. The Morgan fingerprint density at radius 3 is 3.00 bits per heavy atom. The van der Waals surface area contributed by atoms with E-state index in [1.807, 2.05) is 34.1 Å². The number of benzene rings is 1. The fraction of sp³-hybridized carbons (Fsp3) is 0.619. The van der Waals surface area contributed by atoms with Crippen molar-refractivity contribution in [1.82, 2.24) is 15.1 Å². The minimum atomic E-state index is 0.00912. The van der Waals surface area contributed by atoms with E-state index in [-0.39, 0.29) is 24.0 Å². The maximum Gasteiger partial charge on any atom is 0.254 e. The van der Waals surface area contributed by atoms with Crippen LogP contribution in [-0.2, 0) is 9.53 Å². The lowest BCUT2D eigenvalue weighted by Gasteiger charge is -2.41. The molecule has 0 radical (unpaired) electrons. The van der Waals surface area contributed by atoms with Gasteiger partial charge in [-0.1, -0.05) is 6.07 Å². The molecule has 1 N–H and O–H groups in total. The summed E-state index contributed by atoms with van der Waals surface area (Å²) in [6, 6.07) is 7.51. The summed E-state index contributed by atoms with van der Waals surface area (Å²) in [6.45, 7) is 4.60. The Morgan fingerprint density at radius 2 is 2.18 bits per heavy atom. The summed E-state index contributed by atoms with van der Waals surface area (Å²) < 4.78 is 11.4. The van der Waals surface area contributed by atoms with Crippen LogP contribution >= 0.6 is 0 Å². The molecule has 0 saturated carbocycles. The summed E-state index contributed by atoms with van der Waals surface area (Å²) in [5.74, 6) is 0.845. The number of piperazine rings is 1. The number of rotatable bonds is 5. The van der Waals surface area contributed by atoms with Gasteiger partial charge in [-0.05, 0) is 43.9 Å². The van der Waals surface area contributed by atoms with Crippen molar-refractivity contribution in [2.45, 2.75) is 37.8 Å². The van der Waals surface area contributed by atoms with Crippen LogP contribution in [-0.4, -0.2) is 79.7 Å². The van der Waals surface area contributed by atoms with E-state index in [0.29, 0.717) is 31.0 Å². The molecule has 7 heteroatoms. The van der Waals surface area contributed by atoms with Crippen LogP contribution in [0.3, 0.4) is 0 Å². The Hall–Kier alpha value is -2.12. The van der Waals surface area contributed by atoms with Gasteiger partial charge in [-0.15, -0.1) is 0 Å². The fourth-order valence-electron chi connectivity index (χ4n) is 4.27. The topological polar surface area (TPSA) is 71.1 Å². The number of hydrogen-bond acceptors (Lipinski definition) is 5. The van der Waals surface area contributed by atoms with E-state index in [1.165, 1.54) is 0 Å². The molecule has 2 amide bonds. The van der Waals surface area contributed by atoms with Crippen LogP contribution in [0.15, 0.2) is 24.3 Å². The lowest BCUT2D eigenvalue weighted by atomic mass is 10.0. The van der Waals surface area contributed by atoms with E-state index in [4.69, 9.17) is 9.47 Å². The first kappa shape index (κ1) is 19.2. The quantitative estimate of drug-likeness (QED) is 0.824. The molecule has 0 aromatic heterocycles. The van der Waals surface area contributed by atoms with Crippen molar-refractivity contribution < 1.29 is 19.1 Å². The molecule has 2 unspecified atom stereocenters. The van der Waals surface area contributed by atoms with Gasteiger partial charge in [-0.2, -0.15) is 0 Å². The Kier molecular flexibility index (Phi) is 6.12. The zero-order valence-corrected chi connectivity index (χ0v) is 16.3. The maximum atomic E-state index is 13.1. The van der Waals surface area contributed by atoms with E-state index in [1.54, 1.807) is 0 Å². The van der Waals surface area contributed by atoms with Gasteiger partial charge in [-0.25, -0.2) is 0 Å². The van der Waals surface area contributed by atoms with Crippen molar-refractivity contribution in [3.63, 3.8) is 0 Å². The van der Waals surface area contributed by atoms with Gasteiger partial charge in [-0.3, -0.25) is 9.59 Å². The zero-order valence-electron chi connectivity index (χ0n) is 16.3. The first-order valence-corrected chi connectivity index (χ1v) is 10.3. The van der Waals surface area contributed by atoms with Crippen LogP contribution in [0.2, 0.25) is 0 Å². The Labute approximate surface area is 166 Å². The average molecular weight is 387 g/mol. The molecule has 7 nitrogen and oxygen atoms in total. The highest BCUT2D eigenvalue weighted by molar-refractivity contribution is 5.94. The van der Waals surface area contributed by atoms with Gasteiger partial charge in [0, 0.05) is 44.4 Å². The number of carbonyl (C=O) groups is 2. The number of piperidine rings is 1. The third-order valence-electron chi connectivity index (χ3n) is 5.79. The third kappa shape index (κ3) is 4.47. The van der Waals surface area contributed by atoms with Crippen molar-refractivity contribution in [2.75, 3.05) is 45.9 Å². The predicted molar refractivity (Wildman–Crippen MR) is 104 cm³/mol. The molecular weight excluding hydrogens is 358 g/mol. The van der Waals surface area contributed by atoms with E-state index in [2.05, 4.69) is 5.32 Å². The molecule has 152 valence electrons. The van der Waals surface area contributed by atoms with Crippen molar-refractivity contribution in [3.05, 3.63) is 29.8 Å². The van der Waals surface area contributed by atoms with Crippen LogP contribution < -0.4 is 10.1 Å². The number of ether oxygens (including phenoxy) is 2. The highest BCUT2D eigenvalue weighted by atomic mass is 16.5. The maximum absolute atomic E-state index is 13.1. The van der Waals surface area contributed by atoms with Gasteiger partial charge in [0.1, 0.15) is 12.4 Å². The smallest absolute Gasteiger partial charge is 0.254 e. The SMILES string of the molecule is O=C(c1cccc(OCC2CCCO2)c1)N1CCCC(N2CCNCC2=O)C1. The Bertz CT molecular complexity index is 705. The van der Waals surface area contributed by atoms with Crippen LogP contribution in [0.1, 0.15) is 36.0 Å². The van der Waals surface area contributed by atoms with Crippen LogP contribution in [0.5, 0.6) is 5.75 Å². The first-order chi connectivity index (χ1) is 13.7. The van der Waals surface area contributed by atoms with Gasteiger partial charge in [0.2, 0.25) is 5.91 Å². The predicted octanol–water partition coefficient (Wildman–Crippen LogP) is 1.28. The summed E-state index contributed by atoms with van der Waals surface area (Å²) in [4.78, 5) is 29.1. The highest BCUT2D eigenvalue weighted by Crippen LogP contribution is 2.22. The number of carbonyl (C=O) groups excluding carboxylic acids is 2. The van der Waals surface area contributed by atoms with Crippen molar-refractivity contribution in [2.24, 2.45) is 0 Å². The second-order valence-electron chi connectivity index (χ2n) is 7.78. The van der Waals surface area contributed by atoms with E-state index in [9.17, 15) is 9.59 Å². The summed E-state index contributed by atoms with van der Waals surface area (Å²) in [7, 11) is 0. The summed E-state index contributed by atoms with van der Waals surface area (Å²) >= 11 is 0. The fourth-order valence-corrected chi connectivity index (χ4v) is 4.27. The van der Waals surface area contributed by atoms with Gasteiger partial charge < -0.3 is 24.6 Å². The minimum Gasteiger partial charge on any atom is -0.491 e. The normalized spacial score (nSPS) is 25.8. The van der Waals surface area contributed by atoms with E-state index >= 15 is 0 Å². The Balaban J connectivity index is 1.37. The van der Waals surface area contributed by atoms with Crippen LogP contribution in [0.4, 0.5) is 0 Å². The van der Waals surface area contributed by atoms with Crippen molar-refractivity contribution in [1.29, 1.82) is 0 Å². The number of amides is 2. The number of nitrogens with one attached hydrogen (secondary N) is 1. The lowest BCUT2D eigenvalue weighted by molar-refractivity contribution is -0.135. The molecule has 0 bridgehead atoms. The summed E-state index contributed by atoms with van der Waals surface area (Å²) in [5.41, 5.74) is 0.636. The highest BCUT2D eigenvalue weighted by Gasteiger charge is 2.32. The third-order valence-corrected chi connectivity index (χ3v) is 5.79. The monoisotopic (exact) mass is 387 g/mol. The molecule has 3 fully saturated rings.